The lowest BCUT2D eigenvalue weighted by Crippen LogP contribution is -2.42. The molecule has 0 radical (unpaired) electrons. The molecule has 0 aliphatic heterocycles. The van der Waals surface area contributed by atoms with Crippen LogP contribution in [0.3, 0.4) is 0 Å². The first kappa shape index (κ1) is 27.6. The summed E-state index contributed by atoms with van der Waals surface area (Å²) in [4.78, 5) is 0. The highest BCUT2D eigenvalue weighted by molar-refractivity contribution is 5.33. The van der Waals surface area contributed by atoms with Crippen molar-refractivity contribution in [3.05, 3.63) is 36.4 Å². The fourth-order valence-corrected chi connectivity index (χ4v) is 5.02. The zero-order valence-electron chi connectivity index (χ0n) is 19.6. The quantitative estimate of drug-likeness (QED) is 0.232. The van der Waals surface area contributed by atoms with E-state index in [1.807, 2.05) is 0 Å². The van der Waals surface area contributed by atoms with Gasteiger partial charge in [-0.25, -0.2) is 4.39 Å². The predicted octanol–water partition coefficient (Wildman–Crippen LogP) is 8.69. The van der Waals surface area contributed by atoms with Crippen LogP contribution >= 0.6 is 0 Å². The standard InChI is InChI=1S/C25H31F7O3/c1-2-3-16-4-6-17(7-5-16)24(29,30)34-19-10-8-18(9-11-19)25(31,32)35-20-12-13-22(21(26)14-20)33-15-23(27)28/h12-19H,2-11H2,1H3. The van der Waals surface area contributed by atoms with Crippen LogP contribution in [0, 0.1) is 23.6 Å². The van der Waals surface area contributed by atoms with Gasteiger partial charge in [0.05, 0.1) is 17.9 Å². The number of halogens is 7. The van der Waals surface area contributed by atoms with Crippen LogP contribution in [-0.2, 0) is 4.74 Å². The third-order valence-electron chi connectivity index (χ3n) is 6.92. The Labute approximate surface area is 200 Å². The number of hydrogen-bond acceptors (Lipinski definition) is 3. The number of rotatable bonds is 10. The summed E-state index contributed by atoms with van der Waals surface area (Å²) >= 11 is 0. The van der Waals surface area contributed by atoms with Crippen LogP contribution in [0.1, 0.15) is 71.1 Å². The summed E-state index contributed by atoms with van der Waals surface area (Å²) in [5, 5.41) is 0. The lowest BCUT2D eigenvalue weighted by Gasteiger charge is -2.38. The largest absolute Gasteiger partial charge is 0.456 e. The van der Waals surface area contributed by atoms with Crippen LogP contribution in [0.2, 0.25) is 0 Å². The van der Waals surface area contributed by atoms with Gasteiger partial charge in [-0.3, -0.25) is 0 Å². The molecule has 0 atom stereocenters. The molecule has 198 valence electrons. The van der Waals surface area contributed by atoms with Crippen molar-refractivity contribution in [3.8, 4) is 11.5 Å². The van der Waals surface area contributed by atoms with Crippen LogP contribution in [-0.4, -0.2) is 18.3 Å². The van der Waals surface area contributed by atoms with E-state index in [0.717, 1.165) is 37.8 Å². The summed E-state index contributed by atoms with van der Waals surface area (Å²) in [6, 6.07) is 2.47. The molecule has 35 heavy (non-hydrogen) atoms. The van der Waals surface area contributed by atoms with Crippen molar-refractivity contribution in [2.45, 2.75) is 89.5 Å². The molecule has 2 saturated carbocycles. The molecule has 0 amide bonds. The molecular formula is C25H31F7O3. The van der Waals surface area contributed by atoms with Gasteiger partial charge < -0.3 is 14.2 Å². The van der Waals surface area contributed by atoms with Crippen LogP contribution < -0.4 is 9.47 Å². The van der Waals surface area contributed by atoms with Crippen molar-refractivity contribution in [2.24, 2.45) is 17.8 Å². The first-order chi connectivity index (χ1) is 16.5. The fourth-order valence-electron chi connectivity index (χ4n) is 5.02. The van der Waals surface area contributed by atoms with Gasteiger partial charge in [-0.1, -0.05) is 19.8 Å². The fraction of sp³-hybridized carbons (Fsp3) is 0.680. The second kappa shape index (κ2) is 11.8. The van der Waals surface area contributed by atoms with E-state index in [2.05, 4.69) is 16.4 Å². The Kier molecular flexibility index (Phi) is 9.34. The van der Waals surface area contributed by atoms with Gasteiger partial charge in [0, 0.05) is 6.07 Å². The van der Waals surface area contributed by atoms with E-state index in [-0.39, 0.29) is 31.9 Å². The summed E-state index contributed by atoms with van der Waals surface area (Å²) in [5.41, 5.74) is 0. The van der Waals surface area contributed by atoms with Crippen molar-refractivity contribution < 1.29 is 44.9 Å². The second-order valence-electron chi connectivity index (χ2n) is 9.44. The smallest absolute Gasteiger partial charge is 0.400 e. The summed E-state index contributed by atoms with van der Waals surface area (Å²) in [7, 11) is 0. The Morgan fingerprint density at radius 2 is 1.51 bits per heavy atom. The topological polar surface area (TPSA) is 27.7 Å². The average Bonchev–Trinajstić information content (AvgIpc) is 2.79. The maximum absolute atomic E-state index is 14.7. The first-order valence-corrected chi connectivity index (χ1v) is 12.1. The molecule has 1 aromatic carbocycles. The molecule has 0 spiro atoms. The van der Waals surface area contributed by atoms with Gasteiger partial charge in [-0.05, 0) is 69.4 Å². The molecule has 2 fully saturated rings. The Balaban J connectivity index is 1.49. The third-order valence-corrected chi connectivity index (χ3v) is 6.92. The van der Waals surface area contributed by atoms with Gasteiger partial charge >= 0.3 is 18.3 Å². The van der Waals surface area contributed by atoms with Gasteiger partial charge in [0.2, 0.25) is 0 Å². The second-order valence-corrected chi connectivity index (χ2v) is 9.44. The van der Waals surface area contributed by atoms with Crippen LogP contribution in [0.4, 0.5) is 30.7 Å². The lowest BCUT2D eigenvalue weighted by atomic mass is 9.79. The molecule has 3 rings (SSSR count). The van der Waals surface area contributed by atoms with E-state index in [9.17, 15) is 30.7 Å². The maximum Gasteiger partial charge on any atom is 0.400 e. The molecule has 3 nitrogen and oxygen atoms in total. The first-order valence-electron chi connectivity index (χ1n) is 12.1. The Hall–Kier alpha value is -1.97. The van der Waals surface area contributed by atoms with E-state index in [1.165, 1.54) is 0 Å². The molecule has 0 bridgehead atoms. The van der Waals surface area contributed by atoms with Gasteiger partial charge in [0.25, 0.3) is 0 Å². The van der Waals surface area contributed by atoms with Crippen molar-refractivity contribution in [2.75, 3.05) is 0 Å². The summed E-state index contributed by atoms with van der Waals surface area (Å²) < 4.78 is 111. The van der Waals surface area contributed by atoms with Gasteiger partial charge in [-0.2, -0.15) is 26.3 Å². The number of ether oxygens (including phenoxy) is 3. The summed E-state index contributed by atoms with van der Waals surface area (Å²) in [6.45, 7) is 2.08. The van der Waals surface area contributed by atoms with E-state index in [1.54, 1.807) is 0 Å². The van der Waals surface area contributed by atoms with Crippen molar-refractivity contribution in [1.82, 2.24) is 0 Å². The Morgan fingerprint density at radius 1 is 0.914 bits per heavy atom. The minimum atomic E-state index is -3.68. The number of benzene rings is 1. The van der Waals surface area contributed by atoms with Crippen LogP contribution in [0.25, 0.3) is 0 Å². The molecule has 0 saturated heterocycles. The van der Waals surface area contributed by atoms with Crippen molar-refractivity contribution >= 4 is 0 Å². The SMILES string of the molecule is CCCC1CCC(C(F)(F)OC2CCC(C(F)(F)Oc3ccc(OC=C(F)F)c(F)c3)CC2)CC1. The maximum atomic E-state index is 14.7. The molecule has 2 aliphatic carbocycles. The van der Waals surface area contributed by atoms with Gasteiger partial charge in [0.1, 0.15) is 5.75 Å². The normalized spacial score (nSPS) is 25.7. The average molecular weight is 513 g/mol. The monoisotopic (exact) mass is 512 g/mol. The van der Waals surface area contributed by atoms with Crippen LogP contribution in [0.15, 0.2) is 30.5 Å². The molecule has 2 aliphatic rings. The van der Waals surface area contributed by atoms with Gasteiger partial charge in [0.15, 0.2) is 17.8 Å². The summed E-state index contributed by atoms with van der Waals surface area (Å²) in [6.07, 6.45) is -5.67. The third kappa shape index (κ3) is 7.75. The highest BCUT2D eigenvalue weighted by Gasteiger charge is 2.48. The molecule has 1 aromatic rings. The van der Waals surface area contributed by atoms with E-state index < -0.39 is 53.6 Å². The minimum Gasteiger partial charge on any atom is -0.456 e. The molecule has 0 N–H and O–H groups in total. The van der Waals surface area contributed by atoms with E-state index in [0.29, 0.717) is 24.8 Å². The highest BCUT2D eigenvalue weighted by atomic mass is 19.3. The minimum absolute atomic E-state index is 0.0229. The zero-order chi connectivity index (χ0) is 25.6. The Bertz CT molecular complexity index is 841. The molecule has 10 heteroatoms. The van der Waals surface area contributed by atoms with Gasteiger partial charge in [-0.15, -0.1) is 0 Å². The Morgan fingerprint density at radius 3 is 2.09 bits per heavy atom. The predicted molar refractivity (Wildman–Crippen MR) is 115 cm³/mol. The van der Waals surface area contributed by atoms with Crippen molar-refractivity contribution in [1.29, 1.82) is 0 Å². The highest BCUT2D eigenvalue weighted by Crippen LogP contribution is 2.44. The van der Waals surface area contributed by atoms with E-state index >= 15 is 0 Å². The molecule has 0 unspecified atom stereocenters. The number of alkyl halides is 4. The lowest BCUT2D eigenvalue weighted by molar-refractivity contribution is -0.306. The molecule has 0 aromatic heterocycles. The zero-order valence-corrected chi connectivity index (χ0v) is 19.6. The summed E-state index contributed by atoms with van der Waals surface area (Å²) in [5.74, 6) is -3.87. The van der Waals surface area contributed by atoms with Crippen molar-refractivity contribution in [3.63, 3.8) is 0 Å². The van der Waals surface area contributed by atoms with E-state index in [4.69, 9.17) is 4.74 Å². The molecule has 0 heterocycles. The number of hydrogen-bond donors (Lipinski definition) is 0. The van der Waals surface area contributed by atoms with Crippen LogP contribution in [0.5, 0.6) is 11.5 Å². The molecular weight excluding hydrogens is 481 g/mol.